The molecule has 2 aromatic carbocycles. The first-order chi connectivity index (χ1) is 10.6. The zero-order chi connectivity index (χ0) is 15.8. The van der Waals surface area contributed by atoms with E-state index in [0.29, 0.717) is 13.1 Å². The predicted molar refractivity (Wildman–Crippen MR) is 89.8 cm³/mol. The number of hydrogen-bond donors (Lipinski definition) is 2. The number of rotatable bonds is 7. The van der Waals surface area contributed by atoms with Crippen LogP contribution in [0.4, 0.5) is 0 Å². The zero-order valence-corrected chi connectivity index (χ0v) is 13.5. The fraction of sp³-hybridized carbons (Fsp3) is 0.278. The molecule has 3 N–H and O–H groups in total. The van der Waals surface area contributed by atoms with E-state index in [4.69, 9.17) is 11.6 Å². The van der Waals surface area contributed by atoms with Crippen LogP contribution < -0.4 is 10.6 Å². The highest BCUT2D eigenvalue weighted by atomic mass is 35.5. The number of nitrogens with one attached hydrogen (secondary N) is 1. The van der Waals surface area contributed by atoms with Gasteiger partial charge in [0.1, 0.15) is 6.04 Å². The first kappa shape index (κ1) is 16.5. The molecule has 0 aliphatic carbocycles. The van der Waals surface area contributed by atoms with Gasteiger partial charge in [-0.2, -0.15) is 0 Å². The molecule has 0 spiro atoms. The minimum Gasteiger partial charge on any atom is -0.351 e. The molecule has 22 heavy (non-hydrogen) atoms. The van der Waals surface area contributed by atoms with Gasteiger partial charge in [0.25, 0.3) is 5.91 Å². The average molecular weight is 318 g/mol. The summed E-state index contributed by atoms with van der Waals surface area (Å²) in [6.07, 6.45) is 0.792. The maximum Gasteiger partial charge on any atom is 0.275 e. The minimum absolute atomic E-state index is 0.0600. The number of amides is 1. The van der Waals surface area contributed by atoms with E-state index in [9.17, 15) is 4.79 Å². The van der Waals surface area contributed by atoms with Crippen molar-refractivity contribution < 1.29 is 10.1 Å². The summed E-state index contributed by atoms with van der Waals surface area (Å²) in [6.45, 7) is 3.17. The number of quaternary nitrogens is 1. The summed E-state index contributed by atoms with van der Waals surface area (Å²) in [4.78, 5) is 11.9. The highest BCUT2D eigenvalue weighted by molar-refractivity contribution is 6.30. The Morgan fingerprint density at radius 1 is 1.18 bits per heavy atom. The van der Waals surface area contributed by atoms with E-state index in [1.165, 1.54) is 5.56 Å². The van der Waals surface area contributed by atoms with Crippen molar-refractivity contribution in [3.63, 3.8) is 0 Å². The first-order valence-electron chi connectivity index (χ1n) is 7.54. The Morgan fingerprint density at radius 2 is 1.95 bits per heavy atom. The van der Waals surface area contributed by atoms with Crippen molar-refractivity contribution in [1.29, 1.82) is 0 Å². The smallest absolute Gasteiger partial charge is 0.275 e. The van der Waals surface area contributed by atoms with Gasteiger partial charge in [-0.25, -0.2) is 0 Å². The van der Waals surface area contributed by atoms with Gasteiger partial charge in [-0.1, -0.05) is 54.1 Å². The molecule has 0 bridgehead atoms. The van der Waals surface area contributed by atoms with Crippen molar-refractivity contribution >= 4 is 17.5 Å². The number of halogens is 1. The summed E-state index contributed by atoms with van der Waals surface area (Å²) in [7, 11) is 0. The average Bonchev–Trinajstić information content (AvgIpc) is 2.53. The summed E-state index contributed by atoms with van der Waals surface area (Å²) in [5.41, 5.74) is 2.36. The van der Waals surface area contributed by atoms with Crippen LogP contribution in [0.1, 0.15) is 24.1 Å². The van der Waals surface area contributed by atoms with Crippen LogP contribution in [0.15, 0.2) is 54.6 Å². The fourth-order valence-corrected chi connectivity index (χ4v) is 2.50. The lowest BCUT2D eigenvalue weighted by molar-refractivity contribution is -0.682. The summed E-state index contributed by atoms with van der Waals surface area (Å²) in [5, 5.41) is 5.72. The van der Waals surface area contributed by atoms with E-state index in [1.54, 1.807) is 0 Å². The largest absolute Gasteiger partial charge is 0.351 e. The van der Waals surface area contributed by atoms with Crippen LogP contribution in [0, 0.1) is 0 Å². The van der Waals surface area contributed by atoms with Crippen LogP contribution >= 0.6 is 11.6 Å². The Balaban J connectivity index is 1.68. The summed E-state index contributed by atoms with van der Waals surface area (Å²) in [5.74, 6) is 0.0600. The van der Waals surface area contributed by atoms with E-state index in [1.807, 2.05) is 47.8 Å². The molecule has 0 heterocycles. The second-order valence-electron chi connectivity index (χ2n) is 5.37. The zero-order valence-electron chi connectivity index (χ0n) is 12.8. The maximum atomic E-state index is 11.9. The molecule has 0 unspecified atom stereocenters. The van der Waals surface area contributed by atoms with E-state index >= 15 is 0 Å². The lowest BCUT2D eigenvalue weighted by atomic mass is 10.1. The van der Waals surface area contributed by atoms with Crippen LogP contribution in [0.5, 0.6) is 0 Å². The van der Waals surface area contributed by atoms with Crippen LogP contribution in [-0.2, 0) is 11.2 Å². The molecule has 1 atom stereocenters. The third-order valence-electron chi connectivity index (χ3n) is 3.61. The normalized spacial score (nSPS) is 11.9. The van der Waals surface area contributed by atoms with Gasteiger partial charge in [0, 0.05) is 17.1 Å². The van der Waals surface area contributed by atoms with Gasteiger partial charge in [-0.05, 0) is 31.0 Å². The first-order valence-corrected chi connectivity index (χ1v) is 7.92. The van der Waals surface area contributed by atoms with Gasteiger partial charge in [-0.15, -0.1) is 0 Å². The van der Waals surface area contributed by atoms with Gasteiger partial charge >= 0.3 is 0 Å². The molecule has 2 aromatic rings. The topological polar surface area (TPSA) is 45.7 Å². The molecular formula is C18H22ClN2O+. The lowest BCUT2D eigenvalue weighted by Gasteiger charge is -2.11. The third-order valence-corrected chi connectivity index (χ3v) is 3.84. The second-order valence-corrected chi connectivity index (χ2v) is 5.81. The van der Waals surface area contributed by atoms with Crippen LogP contribution in [0.2, 0.25) is 5.02 Å². The summed E-state index contributed by atoms with van der Waals surface area (Å²) >= 11 is 5.94. The minimum atomic E-state index is 0.0600. The molecule has 0 aliphatic heterocycles. The van der Waals surface area contributed by atoms with Gasteiger partial charge in [0.2, 0.25) is 0 Å². The molecule has 0 saturated heterocycles. The number of benzene rings is 2. The molecule has 0 saturated carbocycles. The Kier molecular flexibility index (Phi) is 6.44. The monoisotopic (exact) mass is 317 g/mol. The number of hydrogen-bond acceptors (Lipinski definition) is 1. The van der Waals surface area contributed by atoms with Gasteiger partial charge in [-0.3, -0.25) is 4.79 Å². The maximum absolute atomic E-state index is 11.9. The number of carbonyl (C=O) groups excluding carboxylic acids is 1. The second kappa shape index (κ2) is 8.57. The van der Waals surface area contributed by atoms with Gasteiger partial charge in [0.05, 0.1) is 0 Å². The molecule has 0 fully saturated rings. The molecule has 0 aliphatic rings. The van der Waals surface area contributed by atoms with Crippen molar-refractivity contribution in [2.45, 2.75) is 19.4 Å². The molecule has 1 amide bonds. The number of carbonyl (C=O) groups is 1. The van der Waals surface area contributed by atoms with E-state index in [-0.39, 0.29) is 11.9 Å². The highest BCUT2D eigenvalue weighted by Crippen LogP contribution is 2.10. The molecule has 3 nitrogen and oxygen atoms in total. The Bertz CT molecular complexity index is 601. The Morgan fingerprint density at radius 3 is 2.68 bits per heavy atom. The highest BCUT2D eigenvalue weighted by Gasteiger charge is 2.10. The number of nitrogens with two attached hydrogens (primary N) is 1. The van der Waals surface area contributed by atoms with Crippen LogP contribution in [0.25, 0.3) is 0 Å². The van der Waals surface area contributed by atoms with Crippen molar-refractivity contribution in [3.05, 3.63) is 70.7 Å². The Hall–Kier alpha value is -1.84. The van der Waals surface area contributed by atoms with E-state index in [2.05, 4.69) is 24.4 Å². The Labute approximate surface area is 136 Å². The van der Waals surface area contributed by atoms with Crippen molar-refractivity contribution in [2.75, 3.05) is 13.1 Å². The van der Waals surface area contributed by atoms with Crippen LogP contribution in [0.3, 0.4) is 0 Å². The van der Waals surface area contributed by atoms with E-state index in [0.717, 1.165) is 17.0 Å². The molecule has 0 aromatic heterocycles. The summed E-state index contributed by atoms with van der Waals surface area (Å²) < 4.78 is 0. The standard InChI is InChI=1S/C18H21ClN2O/c1-14(16-7-3-2-4-8-16)21-13-18(22)20-11-10-15-6-5-9-17(19)12-15/h2-9,12,14,21H,10-11,13H2,1H3,(H,20,22)/p+1/t14-/m1/s1. The fourth-order valence-electron chi connectivity index (χ4n) is 2.29. The molecule has 2 rings (SSSR count). The molecule has 116 valence electrons. The lowest BCUT2D eigenvalue weighted by Crippen LogP contribution is -2.87. The third kappa shape index (κ3) is 5.51. The van der Waals surface area contributed by atoms with Crippen molar-refractivity contribution in [2.24, 2.45) is 0 Å². The quantitative estimate of drug-likeness (QED) is 0.809. The molecular weight excluding hydrogens is 296 g/mol. The van der Waals surface area contributed by atoms with Gasteiger partial charge < -0.3 is 10.6 Å². The van der Waals surface area contributed by atoms with Gasteiger partial charge in [0.15, 0.2) is 6.54 Å². The van der Waals surface area contributed by atoms with Crippen molar-refractivity contribution in [3.8, 4) is 0 Å². The molecule has 4 heteroatoms. The predicted octanol–water partition coefficient (Wildman–Crippen LogP) is 2.32. The van der Waals surface area contributed by atoms with Crippen LogP contribution in [-0.4, -0.2) is 19.0 Å². The SMILES string of the molecule is C[C@@H]([NH2+]CC(=O)NCCc1cccc(Cl)c1)c1ccccc1. The molecule has 0 radical (unpaired) electrons. The van der Waals surface area contributed by atoms with E-state index < -0.39 is 0 Å². The summed E-state index contributed by atoms with van der Waals surface area (Å²) in [6, 6.07) is 18.2. The van der Waals surface area contributed by atoms with Crippen molar-refractivity contribution in [1.82, 2.24) is 5.32 Å².